The van der Waals surface area contributed by atoms with Crippen LogP contribution in [0.4, 0.5) is 5.69 Å². The predicted octanol–water partition coefficient (Wildman–Crippen LogP) is 2.81. The van der Waals surface area contributed by atoms with Gasteiger partial charge in [-0.15, -0.1) is 5.10 Å². The summed E-state index contributed by atoms with van der Waals surface area (Å²) in [5.41, 5.74) is 1.26. The number of likely N-dealkylation sites (tertiary alicyclic amines) is 1. The van der Waals surface area contributed by atoms with Crippen molar-refractivity contribution in [3.63, 3.8) is 0 Å². The van der Waals surface area contributed by atoms with Gasteiger partial charge in [0, 0.05) is 12.2 Å². The Morgan fingerprint density at radius 2 is 1.81 bits per heavy atom. The molecule has 0 radical (unpaired) electrons. The van der Waals surface area contributed by atoms with E-state index >= 15 is 0 Å². The number of nitrogens with zero attached hydrogens (tertiary/aromatic N) is 5. The molecule has 4 saturated carbocycles. The van der Waals surface area contributed by atoms with Gasteiger partial charge in [0.25, 0.3) is 0 Å². The summed E-state index contributed by atoms with van der Waals surface area (Å²) in [6.45, 7) is 0.698. The van der Waals surface area contributed by atoms with Crippen LogP contribution in [0, 0.1) is 23.2 Å². The molecule has 1 aromatic heterocycles. The maximum absolute atomic E-state index is 13.8. The zero-order valence-corrected chi connectivity index (χ0v) is 17.6. The second-order valence-electron chi connectivity index (χ2n) is 10.1. The zero-order valence-electron chi connectivity index (χ0n) is 17.6. The van der Waals surface area contributed by atoms with Gasteiger partial charge in [0.2, 0.25) is 11.8 Å². The van der Waals surface area contributed by atoms with Gasteiger partial charge >= 0.3 is 0 Å². The van der Waals surface area contributed by atoms with Gasteiger partial charge in [-0.2, -0.15) is 0 Å². The number of rotatable bonds is 4. The molecular weight excluding hydrogens is 392 g/mol. The van der Waals surface area contributed by atoms with Crippen LogP contribution in [0.1, 0.15) is 51.4 Å². The first-order valence-electron chi connectivity index (χ1n) is 11.5. The van der Waals surface area contributed by atoms with Crippen LogP contribution in [0.15, 0.2) is 30.6 Å². The van der Waals surface area contributed by atoms with Gasteiger partial charge in [-0.05, 0) is 97.7 Å². The maximum atomic E-state index is 13.8. The number of hydrogen-bond acceptors (Lipinski definition) is 5. The van der Waals surface area contributed by atoms with Crippen molar-refractivity contribution < 1.29 is 9.59 Å². The Bertz CT molecular complexity index is 968. The van der Waals surface area contributed by atoms with Gasteiger partial charge in [-0.1, -0.05) is 6.07 Å². The quantitative estimate of drug-likeness (QED) is 0.821. The molecule has 5 fully saturated rings. The van der Waals surface area contributed by atoms with Gasteiger partial charge in [0.05, 0.1) is 11.1 Å². The fourth-order valence-corrected chi connectivity index (χ4v) is 7.19. The first-order chi connectivity index (χ1) is 15.1. The smallest absolute Gasteiger partial charge is 0.247 e. The molecule has 1 saturated heterocycles. The summed E-state index contributed by atoms with van der Waals surface area (Å²) in [6, 6.07) is 7.06. The highest BCUT2D eigenvalue weighted by molar-refractivity contribution is 5.98. The number of carbonyl (C=O) groups excluding carboxylic acids is 2. The van der Waals surface area contributed by atoms with Crippen LogP contribution >= 0.6 is 0 Å². The Hall–Kier alpha value is -2.77. The van der Waals surface area contributed by atoms with Gasteiger partial charge in [-0.3, -0.25) is 9.59 Å². The third-order valence-corrected chi connectivity index (χ3v) is 8.04. The number of aromatic nitrogens is 4. The van der Waals surface area contributed by atoms with Gasteiger partial charge in [0.1, 0.15) is 12.4 Å². The SMILES string of the molecule is O=C(Nc1cccc(-n2cnnn2)c1)C1CCCN1C(=O)C12CC3CC(CC(C3)C1)C2. The molecule has 8 nitrogen and oxygen atoms in total. The molecule has 1 aliphatic heterocycles. The van der Waals surface area contributed by atoms with E-state index in [1.165, 1.54) is 25.6 Å². The zero-order chi connectivity index (χ0) is 21.0. The lowest BCUT2D eigenvalue weighted by atomic mass is 9.49. The van der Waals surface area contributed by atoms with E-state index in [1.54, 1.807) is 4.68 Å². The molecule has 8 heteroatoms. The molecule has 5 aliphatic rings. The van der Waals surface area contributed by atoms with Gasteiger partial charge < -0.3 is 10.2 Å². The number of nitrogens with one attached hydrogen (secondary N) is 1. The summed E-state index contributed by atoms with van der Waals surface area (Å²) in [4.78, 5) is 28.9. The van der Waals surface area contributed by atoms with Gasteiger partial charge in [0.15, 0.2) is 0 Å². The van der Waals surface area contributed by atoms with Gasteiger partial charge in [-0.25, -0.2) is 4.68 Å². The van der Waals surface area contributed by atoms with Crippen molar-refractivity contribution in [3.05, 3.63) is 30.6 Å². The second-order valence-corrected chi connectivity index (χ2v) is 10.1. The molecule has 1 unspecified atom stereocenters. The fourth-order valence-electron chi connectivity index (χ4n) is 7.19. The Balaban J connectivity index is 1.19. The molecule has 4 bridgehead atoms. The summed E-state index contributed by atoms with van der Waals surface area (Å²) in [5.74, 6) is 2.33. The normalized spacial score (nSPS) is 33.6. The molecule has 4 aliphatic carbocycles. The summed E-state index contributed by atoms with van der Waals surface area (Å²) >= 11 is 0. The summed E-state index contributed by atoms with van der Waals surface area (Å²) in [6.07, 6.45) is 10.2. The lowest BCUT2D eigenvalue weighted by Gasteiger charge is -2.56. The van der Waals surface area contributed by atoms with E-state index in [2.05, 4.69) is 20.8 Å². The standard InChI is InChI=1S/C23H28N6O2/c30-21(25-18-3-1-4-19(10-18)29-14-24-26-27-29)20-5-2-6-28(20)22(31)23-11-15-7-16(12-23)9-17(8-15)13-23/h1,3-4,10,14-17,20H,2,5-9,11-13H2,(H,25,30). The lowest BCUT2D eigenvalue weighted by molar-refractivity contribution is -0.160. The van der Waals surface area contributed by atoms with Crippen molar-refractivity contribution in [3.8, 4) is 5.69 Å². The minimum Gasteiger partial charge on any atom is -0.330 e. The first kappa shape index (κ1) is 19.0. The maximum Gasteiger partial charge on any atom is 0.247 e. The molecule has 1 N–H and O–H groups in total. The molecule has 162 valence electrons. The summed E-state index contributed by atoms with van der Waals surface area (Å²) in [5, 5.41) is 14.2. The average molecular weight is 421 g/mol. The lowest BCUT2D eigenvalue weighted by Crippen LogP contribution is -2.56. The monoisotopic (exact) mass is 420 g/mol. The summed E-state index contributed by atoms with van der Waals surface area (Å²) < 4.78 is 1.55. The van der Waals surface area contributed by atoms with Crippen molar-refractivity contribution in [1.82, 2.24) is 25.1 Å². The highest BCUT2D eigenvalue weighted by Crippen LogP contribution is 2.60. The largest absolute Gasteiger partial charge is 0.330 e. The topological polar surface area (TPSA) is 93.0 Å². The molecule has 1 atom stereocenters. The van der Waals surface area contributed by atoms with Crippen LogP contribution in [0.3, 0.4) is 0 Å². The van der Waals surface area contributed by atoms with E-state index in [0.717, 1.165) is 55.5 Å². The minimum absolute atomic E-state index is 0.0931. The van der Waals surface area contributed by atoms with E-state index < -0.39 is 0 Å². The molecule has 31 heavy (non-hydrogen) atoms. The Morgan fingerprint density at radius 1 is 1.06 bits per heavy atom. The molecule has 2 amide bonds. The molecule has 1 aromatic carbocycles. The Labute approximate surface area is 181 Å². The number of anilines is 1. The Morgan fingerprint density at radius 3 is 2.48 bits per heavy atom. The van der Waals surface area contributed by atoms with Crippen LogP contribution in [0.5, 0.6) is 0 Å². The summed E-state index contributed by atoms with van der Waals surface area (Å²) in [7, 11) is 0. The van der Waals surface area contributed by atoms with Crippen LogP contribution in [-0.4, -0.2) is 49.5 Å². The van der Waals surface area contributed by atoms with Crippen molar-refractivity contribution in [2.45, 2.75) is 57.4 Å². The van der Waals surface area contributed by atoms with E-state index in [4.69, 9.17) is 0 Å². The highest BCUT2D eigenvalue weighted by atomic mass is 16.2. The van der Waals surface area contributed by atoms with Crippen LogP contribution in [0.25, 0.3) is 5.69 Å². The van der Waals surface area contributed by atoms with Crippen molar-refractivity contribution in [1.29, 1.82) is 0 Å². The number of carbonyl (C=O) groups is 2. The van der Waals surface area contributed by atoms with Crippen LogP contribution in [0.2, 0.25) is 0 Å². The predicted molar refractivity (Wildman–Crippen MR) is 113 cm³/mol. The molecule has 2 aromatic rings. The van der Waals surface area contributed by atoms with E-state index in [9.17, 15) is 9.59 Å². The van der Waals surface area contributed by atoms with Crippen molar-refractivity contribution >= 4 is 17.5 Å². The third-order valence-electron chi connectivity index (χ3n) is 8.04. The number of benzene rings is 1. The van der Waals surface area contributed by atoms with E-state index in [1.807, 2.05) is 29.2 Å². The number of tetrazole rings is 1. The minimum atomic E-state index is -0.378. The van der Waals surface area contributed by atoms with Crippen LogP contribution < -0.4 is 5.32 Å². The highest BCUT2D eigenvalue weighted by Gasteiger charge is 2.56. The molecule has 0 spiro atoms. The fraction of sp³-hybridized carbons (Fsp3) is 0.609. The van der Waals surface area contributed by atoms with Crippen molar-refractivity contribution in [2.24, 2.45) is 23.2 Å². The molecule has 2 heterocycles. The Kier molecular flexibility index (Phi) is 4.36. The average Bonchev–Trinajstić information content (AvgIpc) is 3.45. The molecule has 7 rings (SSSR count). The third kappa shape index (κ3) is 3.23. The van der Waals surface area contributed by atoms with Crippen LogP contribution in [-0.2, 0) is 9.59 Å². The van der Waals surface area contributed by atoms with E-state index in [-0.39, 0.29) is 23.3 Å². The molecular formula is C23H28N6O2. The van der Waals surface area contributed by atoms with E-state index in [0.29, 0.717) is 12.2 Å². The second kappa shape index (κ2) is 7.14. The van der Waals surface area contributed by atoms with Crippen molar-refractivity contribution in [2.75, 3.05) is 11.9 Å². The number of amides is 2. The first-order valence-corrected chi connectivity index (χ1v) is 11.5. The number of hydrogen-bond donors (Lipinski definition) is 1.